The molecule has 5 heteroatoms. The quantitative estimate of drug-likeness (QED) is 0.873. The first-order valence-electron chi connectivity index (χ1n) is 6.28. The highest BCUT2D eigenvalue weighted by Crippen LogP contribution is 2.29. The topological polar surface area (TPSA) is 66.4 Å². The first-order valence-corrected chi connectivity index (χ1v) is 7.76. The van der Waals surface area contributed by atoms with Gasteiger partial charge >= 0.3 is 0 Å². The van der Waals surface area contributed by atoms with Crippen LogP contribution in [0.4, 0.5) is 0 Å². The van der Waals surface area contributed by atoms with Crippen molar-refractivity contribution >= 4 is 10.0 Å². The number of aliphatic hydroxyl groups is 1. The number of aliphatic hydroxyl groups excluding tert-OH is 1. The Morgan fingerprint density at radius 3 is 2.28 bits per heavy atom. The first-order chi connectivity index (χ1) is 8.58. The van der Waals surface area contributed by atoms with Crippen LogP contribution in [0, 0.1) is 0 Å². The average Bonchev–Trinajstić information content (AvgIpc) is 2.40. The van der Waals surface area contributed by atoms with E-state index in [0.29, 0.717) is 12.8 Å². The molecule has 100 valence electrons. The van der Waals surface area contributed by atoms with Crippen LogP contribution < -0.4 is 4.72 Å². The first kappa shape index (κ1) is 13.5. The molecule has 1 fully saturated rings. The predicted octanol–water partition coefficient (Wildman–Crippen LogP) is 1.66. The monoisotopic (exact) mass is 269 g/mol. The maximum absolute atomic E-state index is 12.2. The van der Waals surface area contributed by atoms with Crippen molar-refractivity contribution in [1.82, 2.24) is 4.72 Å². The molecule has 1 aromatic carbocycles. The van der Waals surface area contributed by atoms with Gasteiger partial charge < -0.3 is 5.11 Å². The highest BCUT2D eigenvalue weighted by molar-refractivity contribution is 7.89. The molecule has 0 unspecified atom stereocenters. The van der Waals surface area contributed by atoms with Crippen LogP contribution in [-0.2, 0) is 10.0 Å². The molecule has 2 rings (SSSR count). The lowest BCUT2D eigenvalue weighted by Gasteiger charge is -2.36. The Bertz CT molecular complexity index is 478. The van der Waals surface area contributed by atoms with E-state index in [-0.39, 0.29) is 11.5 Å². The van der Waals surface area contributed by atoms with Crippen molar-refractivity contribution in [2.45, 2.75) is 42.5 Å². The number of nitrogens with one attached hydrogen (secondary N) is 1. The van der Waals surface area contributed by atoms with E-state index in [1.54, 1.807) is 30.3 Å². The maximum atomic E-state index is 12.2. The van der Waals surface area contributed by atoms with E-state index in [2.05, 4.69) is 4.72 Å². The lowest BCUT2D eigenvalue weighted by atomic mass is 9.83. The summed E-state index contributed by atoms with van der Waals surface area (Å²) in [4.78, 5) is 0.253. The van der Waals surface area contributed by atoms with Gasteiger partial charge in [-0.1, -0.05) is 37.5 Å². The summed E-state index contributed by atoms with van der Waals surface area (Å²) in [6.45, 7) is -0.140. The van der Waals surface area contributed by atoms with Crippen LogP contribution >= 0.6 is 0 Å². The van der Waals surface area contributed by atoms with Crippen molar-refractivity contribution in [2.75, 3.05) is 6.61 Å². The van der Waals surface area contributed by atoms with Crippen molar-refractivity contribution in [2.24, 2.45) is 0 Å². The Morgan fingerprint density at radius 1 is 1.11 bits per heavy atom. The molecular formula is C13H19NO3S. The van der Waals surface area contributed by atoms with Gasteiger partial charge in [-0.3, -0.25) is 0 Å². The molecule has 1 aromatic rings. The summed E-state index contributed by atoms with van der Waals surface area (Å²) in [7, 11) is -3.54. The Balaban J connectivity index is 2.21. The number of hydrogen-bond donors (Lipinski definition) is 2. The highest BCUT2D eigenvalue weighted by atomic mass is 32.2. The van der Waals surface area contributed by atoms with E-state index in [1.807, 2.05) is 0 Å². The summed E-state index contributed by atoms with van der Waals surface area (Å²) in [6, 6.07) is 8.30. The summed E-state index contributed by atoms with van der Waals surface area (Å²) < 4.78 is 27.2. The second kappa shape index (κ2) is 5.38. The van der Waals surface area contributed by atoms with Gasteiger partial charge in [0.15, 0.2) is 0 Å². The number of rotatable bonds is 4. The molecule has 2 N–H and O–H groups in total. The third-order valence-corrected chi connectivity index (χ3v) is 5.11. The fraction of sp³-hybridized carbons (Fsp3) is 0.538. The van der Waals surface area contributed by atoms with Crippen molar-refractivity contribution in [1.29, 1.82) is 0 Å². The van der Waals surface area contributed by atoms with E-state index in [0.717, 1.165) is 19.3 Å². The SMILES string of the molecule is O=S(=O)(NC1(CO)CCCCC1)c1ccccc1. The molecule has 0 bridgehead atoms. The van der Waals surface area contributed by atoms with Gasteiger partial charge in [0.25, 0.3) is 0 Å². The van der Waals surface area contributed by atoms with Gasteiger partial charge in [0.1, 0.15) is 0 Å². The zero-order chi connectivity index (χ0) is 13.1. The van der Waals surface area contributed by atoms with Gasteiger partial charge in [0.2, 0.25) is 10.0 Å². The van der Waals surface area contributed by atoms with E-state index in [4.69, 9.17) is 0 Å². The predicted molar refractivity (Wildman–Crippen MR) is 69.7 cm³/mol. The standard InChI is InChI=1S/C13H19NO3S/c15-11-13(9-5-2-6-10-13)14-18(16,17)12-7-3-1-4-8-12/h1,3-4,7-8,14-15H,2,5-6,9-11H2. The van der Waals surface area contributed by atoms with Crippen LogP contribution in [0.15, 0.2) is 35.2 Å². The normalized spacial score (nSPS) is 19.6. The maximum Gasteiger partial charge on any atom is 0.241 e. The second-order valence-corrected chi connectivity index (χ2v) is 6.60. The van der Waals surface area contributed by atoms with E-state index in [9.17, 15) is 13.5 Å². The molecule has 0 heterocycles. The van der Waals surface area contributed by atoms with Crippen molar-refractivity contribution in [3.8, 4) is 0 Å². The minimum atomic E-state index is -3.54. The van der Waals surface area contributed by atoms with Crippen LogP contribution in [0.2, 0.25) is 0 Å². The minimum absolute atomic E-state index is 0.140. The van der Waals surface area contributed by atoms with Gasteiger partial charge in [-0.2, -0.15) is 0 Å². The van der Waals surface area contributed by atoms with Crippen LogP contribution in [0.3, 0.4) is 0 Å². The second-order valence-electron chi connectivity index (χ2n) is 4.92. The molecular weight excluding hydrogens is 250 g/mol. The highest BCUT2D eigenvalue weighted by Gasteiger charge is 2.35. The minimum Gasteiger partial charge on any atom is -0.394 e. The number of sulfonamides is 1. The fourth-order valence-electron chi connectivity index (χ4n) is 2.46. The lowest BCUT2D eigenvalue weighted by Crippen LogP contribution is -2.52. The van der Waals surface area contributed by atoms with Crippen LogP contribution in [-0.4, -0.2) is 25.7 Å². The Hall–Kier alpha value is -0.910. The summed E-state index contributed by atoms with van der Waals surface area (Å²) >= 11 is 0. The molecule has 1 aliphatic rings. The summed E-state index contributed by atoms with van der Waals surface area (Å²) in [6.07, 6.45) is 4.43. The Kier molecular flexibility index (Phi) is 4.04. The van der Waals surface area contributed by atoms with Gasteiger partial charge in [-0.15, -0.1) is 0 Å². The van der Waals surface area contributed by atoms with E-state index < -0.39 is 15.6 Å². The van der Waals surface area contributed by atoms with Gasteiger partial charge in [0, 0.05) is 0 Å². The molecule has 4 nitrogen and oxygen atoms in total. The van der Waals surface area contributed by atoms with E-state index in [1.165, 1.54) is 0 Å². The van der Waals surface area contributed by atoms with E-state index >= 15 is 0 Å². The zero-order valence-corrected chi connectivity index (χ0v) is 11.1. The molecule has 18 heavy (non-hydrogen) atoms. The number of benzene rings is 1. The molecule has 0 amide bonds. The molecule has 1 saturated carbocycles. The molecule has 1 aliphatic carbocycles. The van der Waals surface area contributed by atoms with Crippen LogP contribution in [0.25, 0.3) is 0 Å². The average molecular weight is 269 g/mol. The molecule has 0 radical (unpaired) electrons. The molecule has 0 spiro atoms. The van der Waals surface area contributed by atoms with Gasteiger partial charge in [-0.25, -0.2) is 13.1 Å². The number of hydrogen-bond acceptors (Lipinski definition) is 3. The third-order valence-electron chi connectivity index (χ3n) is 3.52. The van der Waals surface area contributed by atoms with Gasteiger partial charge in [-0.05, 0) is 25.0 Å². The Morgan fingerprint density at radius 2 is 1.72 bits per heavy atom. The zero-order valence-electron chi connectivity index (χ0n) is 10.3. The molecule has 0 atom stereocenters. The van der Waals surface area contributed by atoms with Crippen LogP contribution in [0.5, 0.6) is 0 Å². The molecule has 0 aromatic heterocycles. The smallest absolute Gasteiger partial charge is 0.241 e. The van der Waals surface area contributed by atoms with Crippen molar-refractivity contribution in [3.05, 3.63) is 30.3 Å². The van der Waals surface area contributed by atoms with Crippen LogP contribution in [0.1, 0.15) is 32.1 Å². The summed E-state index contributed by atoms with van der Waals surface area (Å²) in [5, 5.41) is 9.52. The molecule has 0 aliphatic heterocycles. The third kappa shape index (κ3) is 2.91. The van der Waals surface area contributed by atoms with Gasteiger partial charge in [0.05, 0.1) is 17.0 Å². The summed E-state index contributed by atoms with van der Waals surface area (Å²) in [5.74, 6) is 0. The molecule has 0 saturated heterocycles. The van der Waals surface area contributed by atoms with Crippen molar-refractivity contribution in [3.63, 3.8) is 0 Å². The Labute approximate surface area is 108 Å². The van der Waals surface area contributed by atoms with Crippen molar-refractivity contribution < 1.29 is 13.5 Å². The lowest BCUT2D eigenvalue weighted by molar-refractivity contribution is 0.142. The fourth-order valence-corrected chi connectivity index (χ4v) is 3.94. The summed E-state index contributed by atoms with van der Waals surface area (Å²) in [5.41, 5.74) is -0.674. The largest absolute Gasteiger partial charge is 0.394 e.